The summed E-state index contributed by atoms with van der Waals surface area (Å²) >= 11 is 0. The van der Waals surface area contributed by atoms with E-state index in [2.05, 4.69) is 25.3 Å². The number of amides is 1. The van der Waals surface area contributed by atoms with Gasteiger partial charge in [-0.1, -0.05) is 18.2 Å². The van der Waals surface area contributed by atoms with Crippen LogP contribution in [0.25, 0.3) is 11.2 Å². The molecule has 0 atom stereocenters. The van der Waals surface area contributed by atoms with Crippen molar-refractivity contribution in [1.29, 1.82) is 10.8 Å². The lowest BCUT2D eigenvalue weighted by molar-refractivity contribution is 0.0998. The standard InChI is InChI=1S/C21H20N10O3/c1-9-27-15-18(28-9)30-21(34-13-5-3-2-4-12(13)29-20(25)26)31-19(15)33-14-8-10(16(22)23)6-7-11(14)17(24)32/h2-8H,1H3,(H3,22,23)(H2,24,32)(H4,25,26,29)(H,27,28,30,31). The number of aromatic nitrogens is 4. The van der Waals surface area contributed by atoms with E-state index in [4.69, 9.17) is 37.5 Å². The highest BCUT2D eigenvalue weighted by atomic mass is 16.5. The number of fused-ring (bicyclic) bond motifs is 1. The first kappa shape index (κ1) is 22.0. The van der Waals surface area contributed by atoms with Crippen LogP contribution in [0.5, 0.6) is 23.4 Å². The zero-order valence-corrected chi connectivity index (χ0v) is 17.8. The Kier molecular flexibility index (Phi) is 5.66. The van der Waals surface area contributed by atoms with E-state index in [9.17, 15) is 4.79 Å². The number of rotatable bonds is 7. The first-order chi connectivity index (χ1) is 16.2. The number of para-hydroxylation sites is 2. The highest BCUT2D eigenvalue weighted by molar-refractivity contribution is 6.00. The van der Waals surface area contributed by atoms with Crippen LogP contribution in [0, 0.1) is 17.7 Å². The Morgan fingerprint density at radius 2 is 1.76 bits per heavy atom. The Balaban J connectivity index is 1.80. The first-order valence-electron chi connectivity index (χ1n) is 9.79. The number of ether oxygens (including phenoxy) is 2. The fourth-order valence-corrected chi connectivity index (χ4v) is 3.07. The van der Waals surface area contributed by atoms with E-state index in [-0.39, 0.29) is 40.5 Å². The molecule has 10 N–H and O–H groups in total. The number of primary amides is 1. The number of benzene rings is 2. The minimum Gasteiger partial charge on any atom is -0.436 e. The lowest BCUT2D eigenvalue weighted by Gasteiger charge is -2.13. The number of hydrogen-bond acceptors (Lipinski definition) is 8. The zero-order valence-electron chi connectivity index (χ0n) is 17.8. The van der Waals surface area contributed by atoms with E-state index in [0.29, 0.717) is 28.5 Å². The van der Waals surface area contributed by atoms with Gasteiger partial charge in [0.25, 0.3) is 11.8 Å². The highest BCUT2D eigenvalue weighted by Crippen LogP contribution is 2.33. The minimum absolute atomic E-state index is 0.0236. The molecule has 0 bridgehead atoms. The van der Waals surface area contributed by atoms with Gasteiger partial charge >= 0.3 is 6.01 Å². The molecule has 0 aliphatic carbocycles. The van der Waals surface area contributed by atoms with Crippen molar-refractivity contribution in [3.05, 3.63) is 59.4 Å². The van der Waals surface area contributed by atoms with Crippen molar-refractivity contribution >= 4 is 34.6 Å². The van der Waals surface area contributed by atoms with Gasteiger partial charge in [-0.3, -0.25) is 15.6 Å². The van der Waals surface area contributed by atoms with E-state index >= 15 is 0 Å². The molecule has 0 fully saturated rings. The van der Waals surface area contributed by atoms with E-state index in [1.165, 1.54) is 18.2 Å². The Hall–Kier alpha value is -5.20. The molecular weight excluding hydrogens is 440 g/mol. The molecule has 4 rings (SSSR count). The zero-order chi connectivity index (χ0) is 24.4. The largest absolute Gasteiger partial charge is 0.436 e. The Labute approximate surface area is 192 Å². The molecule has 2 aromatic heterocycles. The molecule has 2 heterocycles. The van der Waals surface area contributed by atoms with Crippen LogP contribution >= 0.6 is 0 Å². The fourth-order valence-electron chi connectivity index (χ4n) is 3.07. The van der Waals surface area contributed by atoms with Crippen LogP contribution in [0.1, 0.15) is 21.7 Å². The Morgan fingerprint density at radius 3 is 2.47 bits per heavy atom. The van der Waals surface area contributed by atoms with Crippen LogP contribution in [-0.4, -0.2) is 37.6 Å². The average Bonchev–Trinajstić information content (AvgIpc) is 3.15. The molecule has 2 aromatic carbocycles. The second-order valence-corrected chi connectivity index (χ2v) is 7.06. The van der Waals surface area contributed by atoms with Gasteiger partial charge in [-0.05, 0) is 31.2 Å². The number of nitrogen functional groups attached to an aromatic ring is 1. The number of carbonyl (C=O) groups excluding carboxylic acids is 1. The number of nitrogens with one attached hydrogen (secondary N) is 4. The molecule has 0 unspecified atom stereocenters. The fraction of sp³-hybridized carbons (Fsp3) is 0.0476. The van der Waals surface area contributed by atoms with E-state index < -0.39 is 5.91 Å². The quantitative estimate of drug-likeness (QED) is 0.157. The van der Waals surface area contributed by atoms with Crippen LogP contribution in [0.2, 0.25) is 0 Å². The van der Waals surface area contributed by atoms with Gasteiger partial charge in [-0.15, -0.1) is 0 Å². The number of H-pyrrole nitrogens is 1. The van der Waals surface area contributed by atoms with Crippen molar-refractivity contribution in [3.8, 4) is 23.4 Å². The van der Waals surface area contributed by atoms with Crippen LogP contribution in [0.15, 0.2) is 42.5 Å². The monoisotopic (exact) mass is 460 g/mol. The van der Waals surface area contributed by atoms with Crippen molar-refractivity contribution in [3.63, 3.8) is 0 Å². The SMILES string of the molecule is Cc1nc2c(Oc3cc(C(=N)N)ccc3C(N)=O)nc(Oc3ccccc3NC(=N)N)nc2[nH]1. The summed E-state index contributed by atoms with van der Waals surface area (Å²) in [4.78, 5) is 27.9. The molecule has 0 saturated carbocycles. The second kappa shape index (κ2) is 8.74. The lowest BCUT2D eigenvalue weighted by atomic mass is 10.1. The molecule has 0 aliphatic rings. The van der Waals surface area contributed by atoms with Crippen molar-refractivity contribution < 1.29 is 14.3 Å². The number of hydrogen-bond donors (Lipinski definition) is 7. The summed E-state index contributed by atoms with van der Waals surface area (Å²) in [6.07, 6.45) is 0. The normalized spacial score (nSPS) is 10.6. The molecule has 0 radical (unpaired) electrons. The number of anilines is 1. The molecule has 13 nitrogen and oxygen atoms in total. The van der Waals surface area contributed by atoms with E-state index in [1.807, 2.05) is 0 Å². The van der Waals surface area contributed by atoms with Crippen LogP contribution in [-0.2, 0) is 0 Å². The number of guanidine groups is 1. The molecule has 0 aliphatic heterocycles. The summed E-state index contributed by atoms with van der Waals surface area (Å²) in [5, 5.41) is 17.8. The maximum atomic E-state index is 11.9. The molecule has 34 heavy (non-hydrogen) atoms. The Bertz CT molecular complexity index is 1450. The summed E-state index contributed by atoms with van der Waals surface area (Å²) in [5.41, 5.74) is 17.9. The van der Waals surface area contributed by atoms with Gasteiger partial charge in [0.05, 0.1) is 11.3 Å². The average molecular weight is 460 g/mol. The number of aromatic amines is 1. The van der Waals surface area contributed by atoms with Crippen LogP contribution in [0.4, 0.5) is 5.69 Å². The van der Waals surface area contributed by atoms with Crippen molar-refractivity contribution in [2.24, 2.45) is 17.2 Å². The summed E-state index contributed by atoms with van der Waals surface area (Å²) in [6, 6.07) is 11.0. The van der Waals surface area contributed by atoms with Crippen molar-refractivity contribution in [2.45, 2.75) is 6.92 Å². The predicted molar refractivity (Wildman–Crippen MR) is 125 cm³/mol. The Morgan fingerprint density at radius 1 is 1.00 bits per heavy atom. The molecular formula is C21H20N10O3. The van der Waals surface area contributed by atoms with Gasteiger partial charge in [0.15, 0.2) is 22.9 Å². The number of amidine groups is 1. The predicted octanol–water partition coefficient (Wildman–Crippen LogP) is 1.93. The summed E-state index contributed by atoms with van der Waals surface area (Å²) in [7, 11) is 0. The third-order valence-electron chi connectivity index (χ3n) is 4.53. The van der Waals surface area contributed by atoms with E-state index in [0.717, 1.165) is 0 Å². The third kappa shape index (κ3) is 4.52. The molecule has 4 aromatic rings. The highest BCUT2D eigenvalue weighted by Gasteiger charge is 2.19. The maximum Gasteiger partial charge on any atom is 0.327 e. The van der Waals surface area contributed by atoms with Gasteiger partial charge in [-0.25, -0.2) is 4.98 Å². The third-order valence-corrected chi connectivity index (χ3v) is 4.53. The van der Waals surface area contributed by atoms with Gasteiger partial charge in [0.1, 0.15) is 17.4 Å². The number of carbonyl (C=O) groups is 1. The summed E-state index contributed by atoms with van der Waals surface area (Å²) in [6.45, 7) is 1.73. The molecule has 0 saturated heterocycles. The topological polar surface area (TPSA) is 228 Å². The second-order valence-electron chi connectivity index (χ2n) is 7.06. The molecule has 1 amide bonds. The summed E-state index contributed by atoms with van der Waals surface area (Å²) in [5.74, 6) is -0.384. The maximum absolute atomic E-state index is 11.9. The molecule has 0 spiro atoms. The van der Waals surface area contributed by atoms with Crippen molar-refractivity contribution in [1.82, 2.24) is 19.9 Å². The first-order valence-corrected chi connectivity index (χ1v) is 9.79. The van der Waals surface area contributed by atoms with Gasteiger partial charge in [0, 0.05) is 5.56 Å². The molecule has 13 heteroatoms. The van der Waals surface area contributed by atoms with Crippen molar-refractivity contribution in [2.75, 3.05) is 5.32 Å². The van der Waals surface area contributed by atoms with Gasteiger partial charge < -0.3 is 37.0 Å². The van der Waals surface area contributed by atoms with E-state index in [1.54, 1.807) is 31.2 Å². The minimum atomic E-state index is -0.741. The van der Waals surface area contributed by atoms with Gasteiger partial charge in [-0.2, -0.15) is 9.97 Å². The molecule has 172 valence electrons. The number of imidazole rings is 1. The van der Waals surface area contributed by atoms with Gasteiger partial charge in [0.2, 0.25) is 0 Å². The lowest BCUT2D eigenvalue weighted by Crippen LogP contribution is -2.20. The number of aryl methyl sites for hydroxylation is 1. The smallest absolute Gasteiger partial charge is 0.327 e. The number of nitrogens with two attached hydrogens (primary N) is 3. The van der Waals surface area contributed by atoms with Crippen LogP contribution in [0.3, 0.4) is 0 Å². The number of nitrogens with zero attached hydrogens (tertiary/aromatic N) is 3. The van der Waals surface area contributed by atoms with Crippen LogP contribution < -0.4 is 32.0 Å². The summed E-state index contributed by atoms with van der Waals surface area (Å²) < 4.78 is 11.8.